The van der Waals surface area contributed by atoms with E-state index in [-0.39, 0.29) is 11.4 Å². The van der Waals surface area contributed by atoms with Crippen LogP contribution in [-0.2, 0) is 0 Å². The van der Waals surface area contributed by atoms with Crippen molar-refractivity contribution < 1.29 is 4.79 Å². The van der Waals surface area contributed by atoms with Crippen LogP contribution < -0.4 is 5.32 Å². The van der Waals surface area contributed by atoms with Crippen molar-refractivity contribution in [3.05, 3.63) is 32.4 Å². The van der Waals surface area contributed by atoms with Gasteiger partial charge < -0.3 is 5.32 Å². The zero-order chi connectivity index (χ0) is 11.6. The Labute approximate surface area is 109 Å². The third kappa shape index (κ3) is 3.99. The van der Waals surface area contributed by atoms with Gasteiger partial charge in [0.1, 0.15) is 0 Å². The van der Waals surface area contributed by atoms with E-state index in [1.165, 1.54) is 0 Å². The molecule has 0 atom stereocenters. The zero-order valence-corrected chi connectivity index (χ0v) is 11.8. The van der Waals surface area contributed by atoms with Crippen LogP contribution in [0.1, 0.15) is 31.1 Å². The molecule has 0 spiro atoms. The average Bonchev–Trinajstić information content (AvgIpc) is 1.99. The standard InChI is InChI=1S/C11H13ClINO/c1-11(2,3)14-10(15)8-5-4-7(13)6-9(8)12/h4-6H,1-3H3,(H,14,15). The van der Waals surface area contributed by atoms with Crippen LogP contribution in [0.3, 0.4) is 0 Å². The lowest BCUT2D eigenvalue weighted by atomic mass is 10.1. The van der Waals surface area contributed by atoms with Crippen molar-refractivity contribution in [2.24, 2.45) is 0 Å². The normalized spacial score (nSPS) is 11.3. The van der Waals surface area contributed by atoms with Gasteiger partial charge in [-0.1, -0.05) is 11.6 Å². The first-order chi connectivity index (χ1) is 6.79. The van der Waals surface area contributed by atoms with Crippen LogP contribution in [0, 0.1) is 3.57 Å². The van der Waals surface area contributed by atoms with Crippen molar-refractivity contribution in [3.63, 3.8) is 0 Å². The zero-order valence-electron chi connectivity index (χ0n) is 8.90. The maximum absolute atomic E-state index is 11.8. The molecular weight excluding hydrogens is 324 g/mol. The maximum Gasteiger partial charge on any atom is 0.253 e. The molecule has 0 saturated heterocycles. The van der Waals surface area contributed by atoms with Crippen LogP contribution in [0.15, 0.2) is 18.2 Å². The van der Waals surface area contributed by atoms with Gasteiger partial charge in [0.2, 0.25) is 0 Å². The summed E-state index contributed by atoms with van der Waals surface area (Å²) in [6.45, 7) is 5.81. The molecule has 1 N–H and O–H groups in total. The van der Waals surface area contributed by atoms with Crippen LogP contribution in [0.5, 0.6) is 0 Å². The van der Waals surface area contributed by atoms with E-state index < -0.39 is 0 Å². The van der Waals surface area contributed by atoms with Gasteiger partial charge in [0.05, 0.1) is 10.6 Å². The molecular formula is C11H13ClINO. The second-order valence-corrected chi connectivity index (χ2v) is 5.98. The van der Waals surface area contributed by atoms with Crippen molar-refractivity contribution in [3.8, 4) is 0 Å². The van der Waals surface area contributed by atoms with Gasteiger partial charge in [-0.25, -0.2) is 0 Å². The van der Waals surface area contributed by atoms with E-state index in [0.29, 0.717) is 10.6 Å². The lowest BCUT2D eigenvalue weighted by Crippen LogP contribution is -2.40. The Morgan fingerprint density at radius 3 is 2.47 bits per heavy atom. The Bertz CT molecular complexity index is 385. The minimum atomic E-state index is -0.247. The molecule has 1 rings (SSSR count). The predicted octanol–water partition coefficient (Wildman–Crippen LogP) is 3.47. The van der Waals surface area contributed by atoms with Crippen molar-refractivity contribution in [1.29, 1.82) is 0 Å². The van der Waals surface area contributed by atoms with Crippen LogP contribution >= 0.6 is 34.2 Å². The molecule has 0 aliphatic rings. The first kappa shape index (κ1) is 12.8. The van der Waals surface area contributed by atoms with E-state index in [9.17, 15) is 4.79 Å². The molecule has 0 aromatic heterocycles. The summed E-state index contributed by atoms with van der Waals surface area (Å²) in [4.78, 5) is 11.8. The Balaban J connectivity index is 2.92. The molecule has 0 aliphatic carbocycles. The van der Waals surface area contributed by atoms with E-state index in [0.717, 1.165) is 3.57 Å². The lowest BCUT2D eigenvalue weighted by Gasteiger charge is -2.20. The number of carbonyl (C=O) groups excluding carboxylic acids is 1. The van der Waals surface area contributed by atoms with E-state index >= 15 is 0 Å². The fraction of sp³-hybridized carbons (Fsp3) is 0.364. The Morgan fingerprint density at radius 2 is 2.00 bits per heavy atom. The number of hydrogen-bond donors (Lipinski definition) is 1. The molecule has 0 radical (unpaired) electrons. The molecule has 82 valence electrons. The molecule has 0 fully saturated rings. The van der Waals surface area contributed by atoms with E-state index in [4.69, 9.17) is 11.6 Å². The van der Waals surface area contributed by atoms with Crippen LogP contribution in [0.2, 0.25) is 5.02 Å². The Morgan fingerprint density at radius 1 is 1.40 bits per heavy atom. The molecule has 1 amide bonds. The van der Waals surface area contributed by atoms with Crippen molar-refractivity contribution >= 4 is 40.1 Å². The van der Waals surface area contributed by atoms with Gasteiger partial charge in [0.15, 0.2) is 0 Å². The lowest BCUT2D eigenvalue weighted by molar-refractivity contribution is 0.0919. The Kier molecular flexibility index (Phi) is 4.00. The summed E-state index contributed by atoms with van der Waals surface area (Å²) < 4.78 is 1.02. The number of benzene rings is 1. The van der Waals surface area contributed by atoms with Gasteiger partial charge in [-0.2, -0.15) is 0 Å². The van der Waals surface area contributed by atoms with Gasteiger partial charge in [-0.15, -0.1) is 0 Å². The smallest absolute Gasteiger partial charge is 0.253 e. The van der Waals surface area contributed by atoms with Crippen LogP contribution in [-0.4, -0.2) is 11.4 Å². The van der Waals surface area contributed by atoms with Crippen molar-refractivity contribution in [2.75, 3.05) is 0 Å². The van der Waals surface area contributed by atoms with Gasteiger partial charge in [0.25, 0.3) is 5.91 Å². The summed E-state index contributed by atoms with van der Waals surface area (Å²) in [5.41, 5.74) is 0.274. The summed E-state index contributed by atoms with van der Waals surface area (Å²) >= 11 is 8.15. The van der Waals surface area contributed by atoms with Crippen molar-refractivity contribution in [2.45, 2.75) is 26.3 Å². The number of nitrogens with one attached hydrogen (secondary N) is 1. The highest BCUT2D eigenvalue weighted by Crippen LogP contribution is 2.19. The topological polar surface area (TPSA) is 29.1 Å². The molecule has 1 aromatic carbocycles. The molecule has 0 heterocycles. The quantitative estimate of drug-likeness (QED) is 0.781. The van der Waals surface area contributed by atoms with Gasteiger partial charge in [0, 0.05) is 9.11 Å². The summed E-state index contributed by atoms with van der Waals surface area (Å²) in [5, 5.41) is 3.36. The maximum atomic E-state index is 11.8. The molecule has 4 heteroatoms. The third-order valence-corrected chi connectivity index (χ3v) is 2.65. The summed E-state index contributed by atoms with van der Waals surface area (Å²) in [5.74, 6) is -0.135. The number of carbonyl (C=O) groups is 1. The molecule has 2 nitrogen and oxygen atoms in total. The molecule has 15 heavy (non-hydrogen) atoms. The average molecular weight is 338 g/mol. The largest absolute Gasteiger partial charge is 0.347 e. The first-order valence-electron chi connectivity index (χ1n) is 4.57. The summed E-state index contributed by atoms with van der Waals surface area (Å²) in [6.07, 6.45) is 0. The van der Waals surface area contributed by atoms with Crippen LogP contribution in [0.4, 0.5) is 0 Å². The molecule has 0 saturated carbocycles. The highest BCUT2D eigenvalue weighted by atomic mass is 127. The van der Waals surface area contributed by atoms with E-state index in [2.05, 4.69) is 27.9 Å². The van der Waals surface area contributed by atoms with Crippen LogP contribution in [0.25, 0.3) is 0 Å². The second-order valence-electron chi connectivity index (χ2n) is 4.33. The fourth-order valence-electron chi connectivity index (χ4n) is 1.08. The second kappa shape index (κ2) is 4.70. The summed E-state index contributed by atoms with van der Waals surface area (Å²) in [7, 11) is 0. The molecule has 1 aromatic rings. The molecule has 0 unspecified atom stereocenters. The van der Waals surface area contributed by atoms with Crippen molar-refractivity contribution in [1.82, 2.24) is 5.32 Å². The van der Waals surface area contributed by atoms with E-state index in [1.807, 2.05) is 26.8 Å². The number of rotatable bonds is 1. The third-order valence-electron chi connectivity index (χ3n) is 1.66. The van der Waals surface area contributed by atoms with Gasteiger partial charge >= 0.3 is 0 Å². The van der Waals surface area contributed by atoms with E-state index in [1.54, 1.807) is 12.1 Å². The molecule has 0 aliphatic heterocycles. The highest BCUT2D eigenvalue weighted by Gasteiger charge is 2.17. The number of hydrogen-bond acceptors (Lipinski definition) is 1. The first-order valence-corrected chi connectivity index (χ1v) is 6.03. The summed E-state index contributed by atoms with van der Waals surface area (Å²) in [6, 6.07) is 5.38. The number of amides is 1. The highest BCUT2D eigenvalue weighted by molar-refractivity contribution is 14.1. The fourth-order valence-corrected chi connectivity index (χ4v) is 2.02. The monoisotopic (exact) mass is 337 g/mol. The SMILES string of the molecule is CC(C)(C)NC(=O)c1ccc(I)cc1Cl. The minimum Gasteiger partial charge on any atom is -0.347 e. The predicted molar refractivity (Wildman–Crippen MR) is 71.4 cm³/mol. The molecule has 0 bridgehead atoms. The Hall–Kier alpha value is -0.290. The number of halogens is 2. The van der Waals surface area contributed by atoms with Gasteiger partial charge in [-0.3, -0.25) is 4.79 Å². The minimum absolute atomic E-state index is 0.135. The van der Waals surface area contributed by atoms with Gasteiger partial charge in [-0.05, 0) is 61.6 Å².